The molecule has 1 fully saturated rings. The third kappa shape index (κ3) is 4.76. The van der Waals surface area contributed by atoms with E-state index in [0.717, 1.165) is 17.5 Å². The lowest BCUT2D eigenvalue weighted by Gasteiger charge is -2.36. The summed E-state index contributed by atoms with van der Waals surface area (Å²) >= 11 is 5.92. The maximum absolute atomic E-state index is 5.92. The molecule has 1 N–H and O–H groups in total. The van der Waals surface area contributed by atoms with Gasteiger partial charge in [0.2, 0.25) is 0 Å². The largest absolute Gasteiger partial charge is 0.310 e. The van der Waals surface area contributed by atoms with Crippen molar-refractivity contribution in [2.45, 2.75) is 45.7 Å². The number of hydrogen-bond acceptors (Lipinski definition) is 2. The highest BCUT2D eigenvalue weighted by Crippen LogP contribution is 2.20. The summed E-state index contributed by atoms with van der Waals surface area (Å²) in [5.74, 6) is 0.780. The third-order valence-electron chi connectivity index (χ3n) is 4.33. The molecule has 0 spiro atoms. The fraction of sp³-hybridized carbons (Fsp3) is 0.647. The maximum Gasteiger partial charge on any atom is 0.0406 e. The fourth-order valence-electron chi connectivity index (χ4n) is 3.07. The van der Waals surface area contributed by atoms with E-state index in [1.54, 1.807) is 0 Å². The molecule has 2 atom stereocenters. The molecule has 1 heterocycles. The van der Waals surface area contributed by atoms with Crippen molar-refractivity contribution in [2.24, 2.45) is 5.92 Å². The first-order chi connectivity index (χ1) is 9.69. The van der Waals surface area contributed by atoms with Crippen molar-refractivity contribution in [1.29, 1.82) is 0 Å². The number of benzene rings is 1. The molecule has 1 saturated heterocycles. The molecule has 3 heteroatoms. The summed E-state index contributed by atoms with van der Waals surface area (Å²) in [5.41, 5.74) is 1.31. The van der Waals surface area contributed by atoms with Crippen LogP contribution in [0.2, 0.25) is 5.02 Å². The molecule has 2 nitrogen and oxygen atoms in total. The van der Waals surface area contributed by atoms with E-state index in [4.69, 9.17) is 11.6 Å². The zero-order valence-corrected chi connectivity index (χ0v) is 13.5. The summed E-state index contributed by atoms with van der Waals surface area (Å²) in [5, 5.41) is 4.49. The van der Waals surface area contributed by atoms with Gasteiger partial charge in [-0.05, 0) is 62.9 Å². The van der Waals surface area contributed by atoms with Gasteiger partial charge in [0, 0.05) is 24.2 Å². The van der Waals surface area contributed by atoms with Crippen LogP contribution in [0.3, 0.4) is 0 Å². The lowest BCUT2D eigenvalue weighted by atomic mass is 9.91. The van der Waals surface area contributed by atoms with Crippen LogP contribution < -0.4 is 5.32 Å². The predicted octanol–water partition coefficient (Wildman–Crippen LogP) is 3.94. The van der Waals surface area contributed by atoms with Gasteiger partial charge in [-0.3, -0.25) is 0 Å². The summed E-state index contributed by atoms with van der Waals surface area (Å²) in [4.78, 5) is 2.62. The summed E-state index contributed by atoms with van der Waals surface area (Å²) in [6, 6.07) is 8.71. The fourth-order valence-corrected chi connectivity index (χ4v) is 3.19. The van der Waals surface area contributed by atoms with E-state index in [1.807, 2.05) is 12.1 Å². The molecule has 20 heavy (non-hydrogen) atoms. The van der Waals surface area contributed by atoms with Crippen LogP contribution in [0, 0.1) is 5.92 Å². The zero-order chi connectivity index (χ0) is 14.4. The highest BCUT2D eigenvalue weighted by atomic mass is 35.5. The second-order valence-electron chi connectivity index (χ2n) is 6.00. The van der Waals surface area contributed by atoms with Gasteiger partial charge < -0.3 is 10.2 Å². The van der Waals surface area contributed by atoms with Gasteiger partial charge in [-0.15, -0.1) is 0 Å². The molecular formula is C17H27ClN2. The Hall–Kier alpha value is -0.570. The van der Waals surface area contributed by atoms with Crippen molar-refractivity contribution in [3.63, 3.8) is 0 Å². The van der Waals surface area contributed by atoms with E-state index in [2.05, 4.69) is 36.2 Å². The van der Waals surface area contributed by atoms with Gasteiger partial charge in [0.05, 0.1) is 0 Å². The molecular weight excluding hydrogens is 268 g/mol. The van der Waals surface area contributed by atoms with Crippen molar-refractivity contribution in [2.75, 3.05) is 19.6 Å². The molecule has 1 aliphatic rings. The minimum Gasteiger partial charge on any atom is -0.310 e. The minimum absolute atomic E-state index is 0.574. The van der Waals surface area contributed by atoms with E-state index in [9.17, 15) is 0 Å². The lowest BCUT2D eigenvalue weighted by Crippen LogP contribution is -2.44. The molecule has 2 unspecified atom stereocenters. The Labute approximate surface area is 128 Å². The van der Waals surface area contributed by atoms with Gasteiger partial charge in [0.1, 0.15) is 0 Å². The molecule has 112 valence electrons. The van der Waals surface area contributed by atoms with Gasteiger partial charge in [-0.1, -0.05) is 30.7 Å². The van der Waals surface area contributed by atoms with Crippen molar-refractivity contribution in [3.8, 4) is 0 Å². The van der Waals surface area contributed by atoms with Gasteiger partial charge >= 0.3 is 0 Å². The minimum atomic E-state index is 0.574. The maximum atomic E-state index is 5.92. The number of nitrogens with zero attached hydrogens (tertiary/aromatic N) is 1. The van der Waals surface area contributed by atoms with E-state index < -0.39 is 0 Å². The molecule has 0 aromatic heterocycles. The van der Waals surface area contributed by atoms with Crippen molar-refractivity contribution >= 4 is 11.6 Å². The first-order valence-electron chi connectivity index (χ1n) is 7.89. The van der Waals surface area contributed by atoms with E-state index in [0.29, 0.717) is 6.04 Å². The van der Waals surface area contributed by atoms with Gasteiger partial charge in [-0.25, -0.2) is 0 Å². The molecule has 1 aromatic rings. The van der Waals surface area contributed by atoms with Gasteiger partial charge in [-0.2, -0.15) is 0 Å². The van der Waals surface area contributed by atoms with E-state index in [1.165, 1.54) is 44.5 Å². The van der Waals surface area contributed by atoms with E-state index >= 15 is 0 Å². The molecule has 0 saturated carbocycles. The van der Waals surface area contributed by atoms with Crippen LogP contribution in [0.5, 0.6) is 0 Å². The Morgan fingerprint density at radius 3 is 2.80 bits per heavy atom. The SMILES string of the molecule is CCCN1CCCC(C(C)NCc2ccc(Cl)cc2)C1. The Bertz CT molecular complexity index is 388. The van der Waals surface area contributed by atoms with Crippen LogP contribution in [0.15, 0.2) is 24.3 Å². The van der Waals surface area contributed by atoms with Crippen LogP contribution >= 0.6 is 11.6 Å². The van der Waals surface area contributed by atoms with Crippen LogP contribution in [-0.4, -0.2) is 30.6 Å². The third-order valence-corrected chi connectivity index (χ3v) is 4.58. The molecule has 0 bridgehead atoms. The summed E-state index contributed by atoms with van der Waals surface area (Å²) in [7, 11) is 0. The molecule has 0 aliphatic carbocycles. The molecule has 1 aliphatic heterocycles. The smallest absolute Gasteiger partial charge is 0.0406 e. The number of likely N-dealkylation sites (tertiary alicyclic amines) is 1. The number of nitrogens with one attached hydrogen (secondary N) is 1. The van der Waals surface area contributed by atoms with Crippen LogP contribution in [0.25, 0.3) is 0 Å². The van der Waals surface area contributed by atoms with Crippen molar-refractivity contribution < 1.29 is 0 Å². The van der Waals surface area contributed by atoms with E-state index in [-0.39, 0.29) is 0 Å². The first kappa shape index (κ1) is 15.8. The summed E-state index contributed by atoms with van der Waals surface area (Å²) < 4.78 is 0. The normalized spacial score (nSPS) is 21.9. The highest BCUT2D eigenvalue weighted by Gasteiger charge is 2.23. The Morgan fingerprint density at radius 1 is 1.35 bits per heavy atom. The second kappa shape index (κ2) is 8.02. The molecule has 0 amide bonds. The number of rotatable bonds is 6. The van der Waals surface area contributed by atoms with Gasteiger partial charge in [0.25, 0.3) is 0 Å². The average molecular weight is 295 g/mol. The molecule has 1 aromatic carbocycles. The average Bonchev–Trinajstić information content (AvgIpc) is 2.47. The van der Waals surface area contributed by atoms with Crippen LogP contribution in [0.1, 0.15) is 38.7 Å². The number of piperidine rings is 1. The first-order valence-corrected chi connectivity index (χ1v) is 8.27. The predicted molar refractivity (Wildman–Crippen MR) is 87.2 cm³/mol. The Morgan fingerprint density at radius 2 is 2.10 bits per heavy atom. The zero-order valence-electron chi connectivity index (χ0n) is 12.7. The summed E-state index contributed by atoms with van der Waals surface area (Å²) in [6.45, 7) is 9.32. The Balaban J connectivity index is 1.79. The lowest BCUT2D eigenvalue weighted by molar-refractivity contribution is 0.150. The van der Waals surface area contributed by atoms with Crippen molar-refractivity contribution in [1.82, 2.24) is 10.2 Å². The van der Waals surface area contributed by atoms with Gasteiger partial charge in [0.15, 0.2) is 0 Å². The number of hydrogen-bond donors (Lipinski definition) is 1. The molecule has 0 radical (unpaired) electrons. The standard InChI is InChI=1S/C17H27ClN2/c1-3-10-20-11-4-5-16(13-20)14(2)19-12-15-6-8-17(18)9-7-15/h6-9,14,16,19H,3-5,10-13H2,1-2H3. The quantitative estimate of drug-likeness (QED) is 0.855. The highest BCUT2D eigenvalue weighted by molar-refractivity contribution is 6.30. The van der Waals surface area contributed by atoms with Crippen LogP contribution in [-0.2, 0) is 6.54 Å². The topological polar surface area (TPSA) is 15.3 Å². The summed E-state index contributed by atoms with van der Waals surface area (Å²) in [6.07, 6.45) is 3.96. The second-order valence-corrected chi connectivity index (χ2v) is 6.44. The van der Waals surface area contributed by atoms with Crippen LogP contribution in [0.4, 0.5) is 0 Å². The number of halogens is 1. The molecule has 2 rings (SSSR count). The van der Waals surface area contributed by atoms with Crippen molar-refractivity contribution in [3.05, 3.63) is 34.9 Å². The Kier molecular flexibility index (Phi) is 6.34. The monoisotopic (exact) mass is 294 g/mol.